The summed E-state index contributed by atoms with van der Waals surface area (Å²) in [5.74, 6) is 0.779. The molecule has 0 heterocycles. The van der Waals surface area contributed by atoms with Gasteiger partial charge in [0.25, 0.3) is 5.91 Å². The standard InChI is InChI=1S/C20H25N3O4/c1-23(20(25)15-6-4-5-7-16(15)21)13-19(24)22-11-10-14-8-9-17(26-2)18(12-14)27-3/h4-9,12H,10-11,13,21H2,1-3H3,(H,22,24). The minimum atomic E-state index is -0.289. The Balaban J connectivity index is 1.84. The minimum Gasteiger partial charge on any atom is -0.493 e. The summed E-state index contributed by atoms with van der Waals surface area (Å²) in [6.45, 7) is 0.406. The first-order valence-electron chi connectivity index (χ1n) is 8.53. The Bertz CT molecular complexity index is 808. The summed E-state index contributed by atoms with van der Waals surface area (Å²) in [7, 11) is 4.73. The molecule has 7 heteroatoms. The van der Waals surface area contributed by atoms with Crippen LogP contribution >= 0.6 is 0 Å². The zero-order valence-electron chi connectivity index (χ0n) is 15.8. The summed E-state index contributed by atoms with van der Waals surface area (Å²) in [6, 6.07) is 12.4. The molecule has 0 atom stereocenters. The zero-order chi connectivity index (χ0) is 19.8. The molecule has 3 N–H and O–H groups in total. The Morgan fingerprint density at radius 3 is 2.44 bits per heavy atom. The lowest BCUT2D eigenvalue weighted by Crippen LogP contribution is -2.39. The van der Waals surface area contributed by atoms with Crippen molar-refractivity contribution in [1.29, 1.82) is 0 Å². The predicted molar refractivity (Wildman–Crippen MR) is 104 cm³/mol. The molecule has 2 rings (SSSR count). The molecule has 0 fully saturated rings. The van der Waals surface area contributed by atoms with Gasteiger partial charge >= 0.3 is 0 Å². The van der Waals surface area contributed by atoms with Gasteiger partial charge in [0, 0.05) is 19.3 Å². The number of nitrogens with two attached hydrogens (primary N) is 1. The maximum Gasteiger partial charge on any atom is 0.256 e. The Labute approximate surface area is 159 Å². The number of benzene rings is 2. The van der Waals surface area contributed by atoms with E-state index in [1.165, 1.54) is 4.90 Å². The van der Waals surface area contributed by atoms with Crippen LogP contribution in [0.4, 0.5) is 5.69 Å². The van der Waals surface area contributed by atoms with Crippen LogP contribution in [0.1, 0.15) is 15.9 Å². The molecule has 0 saturated heterocycles. The normalized spacial score (nSPS) is 10.2. The number of nitrogen functional groups attached to an aromatic ring is 1. The molecule has 144 valence electrons. The fourth-order valence-electron chi connectivity index (χ4n) is 2.62. The molecular formula is C20H25N3O4. The molecule has 0 saturated carbocycles. The van der Waals surface area contributed by atoms with Crippen molar-refractivity contribution < 1.29 is 19.1 Å². The third-order valence-electron chi connectivity index (χ3n) is 4.10. The van der Waals surface area contributed by atoms with Gasteiger partial charge in [0.1, 0.15) is 0 Å². The largest absolute Gasteiger partial charge is 0.493 e. The first-order chi connectivity index (χ1) is 13.0. The summed E-state index contributed by atoms with van der Waals surface area (Å²) in [4.78, 5) is 25.8. The molecule has 2 aromatic rings. The smallest absolute Gasteiger partial charge is 0.256 e. The van der Waals surface area contributed by atoms with Gasteiger partial charge in [0.15, 0.2) is 11.5 Å². The van der Waals surface area contributed by atoms with Crippen LogP contribution in [-0.2, 0) is 11.2 Å². The number of nitrogens with one attached hydrogen (secondary N) is 1. The number of para-hydroxylation sites is 1. The Morgan fingerprint density at radius 1 is 1.07 bits per heavy atom. The van der Waals surface area contributed by atoms with Crippen molar-refractivity contribution in [3.8, 4) is 11.5 Å². The van der Waals surface area contributed by atoms with Crippen molar-refractivity contribution >= 4 is 17.5 Å². The molecular weight excluding hydrogens is 346 g/mol. The average Bonchev–Trinajstić information content (AvgIpc) is 2.67. The maximum absolute atomic E-state index is 12.4. The summed E-state index contributed by atoms with van der Waals surface area (Å²) >= 11 is 0. The number of carbonyl (C=O) groups excluding carboxylic acids is 2. The van der Waals surface area contributed by atoms with Gasteiger partial charge in [0.05, 0.1) is 26.3 Å². The van der Waals surface area contributed by atoms with Gasteiger partial charge in [-0.15, -0.1) is 0 Å². The Kier molecular flexibility index (Phi) is 7.05. The molecule has 0 aliphatic heterocycles. The molecule has 0 radical (unpaired) electrons. The van der Waals surface area contributed by atoms with Gasteiger partial charge in [0.2, 0.25) is 5.91 Å². The summed E-state index contributed by atoms with van der Waals surface area (Å²) in [6.07, 6.45) is 0.634. The van der Waals surface area contributed by atoms with Gasteiger partial charge in [-0.1, -0.05) is 18.2 Å². The molecule has 0 bridgehead atoms. The highest BCUT2D eigenvalue weighted by atomic mass is 16.5. The van der Waals surface area contributed by atoms with Crippen LogP contribution in [0.5, 0.6) is 11.5 Å². The zero-order valence-corrected chi connectivity index (χ0v) is 15.8. The second-order valence-electron chi connectivity index (χ2n) is 6.04. The fourth-order valence-corrected chi connectivity index (χ4v) is 2.62. The summed E-state index contributed by atoms with van der Waals surface area (Å²) < 4.78 is 10.5. The molecule has 27 heavy (non-hydrogen) atoms. The Morgan fingerprint density at radius 2 is 1.78 bits per heavy atom. The van der Waals surface area contributed by atoms with Crippen molar-refractivity contribution in [2.75, 3.05) is 40.1 Å². The van der Waals surface area contributed by atoms with Crippen LogP contribution in [0.15, 0.2) is 42.5 Å². The van der Waals surface area contributed by atoms with E-state index in [1.54, 1.807) is 45.5 Å². The van der Waals surface area contributed by atoms with Crippen molar-refractivity contribution in [3.63, 3.8) is 0 Å². The highest BCUT2D eigenvalue weighted by molar-refractivity contribution is 6.00. The van der Waals surface area contributed by atoms with Crippen molar-refractivity contribution in [2.24, 2.45) is 0 Å². The van der Waals surface area contributed by atoms with E-state index < -0.39 is 0 Å². The van der Waals surface area contributed by atoms with E-state index in [9.17, 15) is 9.59 Å². The van der Waals surface area contributed by atoms with Gasteiger partial charge in [-0.25, -0.2) is 0 Å². The van der Waals surface area contributed by atoms with E-state index in [2.05, 4.69) is 5.32 Å². The maximum atomic E-state index is 12.4. The van der Waals surface area contributed by atoms with Crippen molar-refractivity contribution in [3.05, 3.63) is 53.6 Å². The number of rotatable bonds is 8. The average molecular weight is 371 g/mol. The summed E-state index contributed by atoms with van der Waals surface area (Å²) in [5.41, 5.74) is 7.60. The lowest BCUT2D eigenvalue weighted by atomic mass is 10.1. The highest BCUT2D eigenvalue weighted by Gasteiger charge is 2.16. The minimum absolute atomic E-state index is 0.0426. The molecule has 0 unspecified atom stereocenters. The van der Waals surface area contributed by atoms with Crippen LogP contribution in [0.25, 0.3) is 0 Å². The number of amides is 2. The molecule has 2 aromatic carbocycles. The molecule has 0 aliphatic carbocycles. The quantitative estimate of drug-likeness (QED) is 0.689. The monoisotopic (exact) mass is 371 g/mol. The predicted octanol–water partition coefficient (Wildman–Crippen LogP) is 1.72. The number of likely N-dealkylation sites (N-methyl/N-ethyl adjacent to an activating group) is 1. The number of methoxy groups -OCH3 is 2. The van der Waals surface area contributed by atoms with Crippen molar-refractivity contribution in [1.82, 2.24) is 10.2 Å². The molecule has 7 nitrogen and oxygen atoms in total. The number of hydrogen-bond donors (Lipinski definition) is 2. The van der Waals surface area contributed by atoms with Crippen LogP contribution in [-0.4, -0.2) is 51.1 Å². The van der Waals surface area contributed by atoms with Gasteiger partial charge in [-0.05, 0) is 36.2 Å². The van der Waals surface area contributed by atoms with E-state index in [4.69, 9.17) is 15.2 Å². The van der Waals surface area contributed by atoms with Crippen LogP contribution in [0.2, 0.25) is 0 Å². The SMILES string of the molecule is COc1ccc(CCNC(=O)CN(C)C(=O)c2ccccc2N)cc1OC. The van der Waals surface area contributed by atoms with E-state index in [-0.39, 0.29) is 18.4 Å². The number of nitrogens with zero attached hydrogens (tertiary/aromatic N) is 1. The van der Waals surface area contributed by atoms with E-state index in [0.29, 0.717) is 35.7 Å². The lowest BCUT2D eigenvalue weighted by Gasteiger charge is -2.18. The number of ether oxygens (including phenoxy) is 2. The first kappa shape index (κ1) is 20.1. The second kappa shape index (κ2) is 9.47. The highest BCUT2D eigenvalue weighted by Crippen LogP contribution is 2.27. The molecule has 0 aromatic heterocycles. The first-order valence-corrected chi connectivity index (χ1v) is 8.53. The van der Waals surface area contributed by atoms with Gasteiger partial charge in [-0.3, -0.25) is 9.59 Å². The molecule has 0 aliphatic rings. The van der Waals surface area contributed by atoms with Gasteiger partial charge < -0.3 is 25.4 Å². The van der Waals surface area contributed by atoms with Crippen LogP contribution in [0.3, 0.4) is 0 Å². The second-order valence-corrected chi connectivity index (χ2v) is 6.04. The third-order valence-corrected chi connectivity index (χ3v) is 4.10. The van der Waals surface area contributed by atoms with Gasteiger partial charge in [-0.2, -0.15) is 0 Å². The fraction of sp³-hybridized carbons (Fsp3) is 0.300. The molecule has 2 amide bonds. The lowest BCUT2D eigenvalue weighted by molar-refractivity contribution is -0.121. The topological polar surface area (TPSA) is 93.9 Å². The van der Waals surface area contributed by atoms with Crippen LogP contribution < -0.4 is 20.5 Å². The third kappa shape index (κ3) is 5.37. The van der Waals surface area contributed by atoms with Crippen LogP contribution in [0, 0.1) is 0 Å². The number of hydrogen-bond acceptors (Lipinski definition) is 5. The Hall–Kier alpha value is -3.22. The van der Waals surface area contributed by atoms with E-state index >= 15 is 0 Å². The molecule has 0 spiro atoms. The number of carbonyl (C=O) groups is 2. The number of anilines is 1. The van der Waals surface area contributed by atoms with E-state index in [1.807, 2.05) is 18.2 Å². The van der Waals surface area contributed by atoms with E-state index in [0.717, 1.165) is 5.56 Å². The van der Waals surface area contributed by atoms with Crippen molar-refractivity contribution in [2.45, 2.75) is 6.42 Å². The summed E-state index contributed by atoms with van der Waals surface area (Å²) in [5, 5.41) is 2.81.